The van der Waals surface area contributed by atoms with Crippen molar-refractivity contribution >= 4 is 27.5 Å². The van der Waals surface area contributed by atoms with E-state index in [4.69, 9.17) is 5.73 Å². The van der Waals surface area contributed by atoms with Gasteiger partial charge in [-0.1, -0.05) is 18.2 Å². The average Bonchev–Trinajstić information content (AvgIpc) is 2.39. The fourth-order valence-electron chi connectivity index (χ4n) is 1.83. The number of carbonyl (C=O) groups is 1. The zero-order valence-corrected chi connectivity index (χ0v) is 11.2. The molecule has 18 heavy (non-hydrogen) atoms. The third kappa shape index (κ3) is 2.52. The van der Waals surface area contributed by atoms with Crippen LogP contribution in [0.3, 0.4) is 0 Å². The molecule has 0 aliphatic carbocycles. The van der Waals surface area contributed by atoms with Crippen molar-refractivity contribution in [2.75, 3.05) is 12.3 Å². The number of primary amides is 1. The summed E-state index contributed by atoms with van der Waals surface area (Å²) in [5.41, 5.74) is 5.25. The summed E-state index contributed by atoms with van der Waals surface area (Å²) < 4.78 is 24.0. The van der Waals surface area contributed by atoms with Gasteiger partial charge in [0.05, 0.1) is 4.90 Å². The van der Waals surface area contributed by atoms with Crippen molar-refractivity contribution in [3.05, 3.63) is 30.3 Å². The number of sulfone groups is 1. The van der Waals surface area contributed by atoms with Crippen LogP contribution in [0.15, 0.2) is 35.2 Å². The van der Waals surface area contributed by atoms with Gasteiger partial charge >= 0.3 is 0 Å². The molecule has 0 spiro atoms. The van der Waals surface area contributed by atoms with Crippen molar-refractivity contribution in [3.63, 3.8) is 0 Å². The molecule has 1 aliphatic heterocycles. The minimum atomic E-state index is -3.56. The Bertz CT molecular complexity index is 530. The van der Waals surface area contributed by atoms with E-state index in [1.807, 2.05) is 0 Å². The largest absolute Gasteiger partial charge is 0.368 e. The van der Waals surface area contributed by atoms with E-state index in [-0.39, 0.29) is 4.90 Å². The van der Waals surface area contributed by atoms with Crippen LogP contribution in [0.25, 0.3) is 0 Å². The molecule has 1 heterocycles. The Balaban J connectivity index is 2.36. The summed E-state index contributed by atoms with van der Waals surface area (Å²) in [5, 5.41) is 2.87. The molecule has 0 saturated carbocycles. The predicted molar refractivity (Wildman–Crippen MR) is 70.9 cm³/mol. The van der Waals surface area contributed by atoms with Gasteiger partial charge in [-0.3, -0.25) is 4.79 Å². The lowest BCUT2D eigenvalue weighted by atomic mass is 10.3. The van der Waals surface area contributed by atoms with E-state index in [1.54, 1.807) is 18.2 Å². The summed E-state index contributed by atoms with van der Waals surface area (Å²) in [7, 11) is -3.56. The molecule has 2 unspecified atom stereocenters. The normalized spacial score (nSPS) is 24.7. The lowest BCUT2D eigenvalue weighted by Gasteiger charge is -2.29. The second-order valence-corrected chi connectivity index (χ2v) is 7.55. The standard InChI is InChI=1S/C11H14N2O3S2/c12-10(14)9-11(17-7-6-13-9)18(15,16)8-4-2-1-3-5-8/h1-5,9,11,13H,6-7H2,(H2,12,14). The van der Waals surface area contributed by atoms with E-state index in [0.717, 1.165) is 0 Å². The maximum Gasteiger partial charge on any atom is 0.236 e. The Morgan fingerprint density at radius 3 is 2.61 bits per heavy atom. The van der Waals surface area contributed by atoms with Gasteiger partial charge in [0.15, 0.2) is 9.84 Å². The molecule has 2 atom stereocenters. The number of nitrogens with one attached hydrogen (secondary N) is 1. The second-order valence-electron chi connectivity index (χ2n) is 3.93. The minimum absolute atomic E-state index is 0.220. The minimum Gasteiger partial charge on any atom is -0.368 e. The van der Waals surface area contributed by atoms with Crippen LogP contribution in [0, 0.1) is 0 Å². The van der Waals surface area contributed by atoms with Gasteiger partial charge in [0.25, 0.3) is 0 Å². The van der Waals surface area contributed by atoms with E-state index in [2.05, 4.69) is 5.32 Å². The molecule has 1 fully saturated rings. The summed E-state index contributed by atoms with van der Waals surface area (Å²) in [5.74, 6) is 0.00672. The zero-order chi connectivity index (χ0) is 13.2. The van der Waals surface area contributed by atoms with Gasteiger partial charge in [-0.25, -0.2) is 8.42 Å². The van der Waals surface area contributed by atoms with Gasteiger partial charge in [-0.05, 0) is 12.1 Å². The Hall–Kier alpha value is -1.05. The van der Waals surface area contributed by atoms with Gasteiger partial charge in [-0.2, -0.15) is 0 Å². The first-order valence-electron chi connectivity index (χ1n) is 5.47. The maximum absolute atomic E-state index is 12.4. The Morgan fingerprint density at radius 1 is 1.33 bits per heavy atom. The Labute approximate surface area is 110 Å². The van der Waals surface area contributed by atoms with E-state index in [1.165, 1.54) is 23.9 Å². The first-order valence-corrected chi connectivity index (χ1v) is 8.06. The van der Waals surface area contributed by atoms with Gasteiger partial charge < -0.3 is 11.1 Å². The fraction of sp³-hybridized carbons (Fsp3) is 0.364. The van der Waals surface area contributed by atoms with Crippen LogP contribution in [-0.2, 0) is 14.6 Å². The van der Waals surface area contributed by atoms with E-state index in [9.17, 15) is 13.2 Å². The van der Waals surface area contributed by atoms with Gasteiger partial charge in [0, 0.05) is 12.3 Å². The molecule has 5 nitrogen and oxygen atoms in total. The molecule has 1 aromatic carbocycles. The van der Waals surface area contributed by atoms with E-state index >= 15 is 0 Å². The van der Waals surface area contributed by atoms with Crippen molar-refractivity contribution in [3.8, 4) is 0 Å². The first-order chi connectivity index (χ1) is 8.53. The number of nitrogens with two attached hydrogens (primary N) is 1. The molecule has 1 saturated heterocycles. The van der Waals surface area contributed by atoms with Crippen molar-refractivity contribution in [2.45, 2.75) is 15.5 Å². The highest BCUT2D eigenvalue weighted by atomic mass is 32.3. The number of hydrogen-bond acceptors (Lipinski definition) is 5. The molecule has 0 radical (unpaired) electrons. The quantitative estimate of drug-likeness (QED) is 0.815. The average molecular weight is 286 g/mol. The fourth-order valence-corrected chi connectivity index (χ4v) is 5.45. The topological polar surface area (TPSA) is 89.3 Å². The second kappa shape index (κ2) is 5.29. The maximum atomic E-state index is 12.4. The molecule has 0 bridgehead atoms. The van der Waals surface area contributed by atoms with Crippen LogP contribution < -0.4 is 11.1 Å². The van der Waals surface area contributed by atoms with Gasteiger partial charge in [0.2, 0.25) is 5.91 Å². The van der Waals surface area contributed by atoms with Crippen LogP contribution in [0.5, 0.6) is 0 Å². The van der Waals surface area contributed by atoms with Crippen molar-refractivity contribution in [2.24, 2.45) is 5.73 Å². The number of benzene rings is 1. The lowest BCUT2D eigenvalue weighted by Crippen LogP contribution is -2.54. The summed E-state index contributed by atoms with van der Waals surface area (Å²) in [6.45, 7) is 0.582. The van der Waals surface area contributed by atoms with Crippen LogP contribution in [0.4, 0.5) is 0 Å². The third-order valence-corrected chi connectivity index (χ3v) is 6.73. The lowest BCUT2D eigenvalue weighted by molar-refractivity contribution is -0.119. The van der Waals surface area contributed by atoms with Crippen molar-refractivity contribution in [1.82, 2.24) is 5.32 Å². The van der Waals surface area contributed by atoms with Gasteiger partial charge in [0.1, 0.15) is 10.6 Å². The molecular formula is C11H14N2O3S2. The predicted octanol–water partition coefficient (Wildman–Crippen LogP) is -0.0233. The SMILES string of the molecule is NC(=O)C1NCCSC1S(=O)(=O)c1ccccc1. The third-order valence-electron chi connectivity index (χ3n) is 2.70. The van der Waals surface area contributed by atoms with Crippen molar-refractivity contribution < 1.29 is 13.2 Å². The highest BCUT2D eigenvalue weighted by molar-refractivity contribution is 8.13. The number of carbonyl (C=O) groups excluding carboxylic acids is 1. The molecule has 2 rings (SSSR count). The smallest absolute Gasteiger partial charge is 0.236 e. The number of amides is 1. The van der Waals surface area contributed by atoms with E-state index in [0.29, 0.717) is 12.3 Å². The molecule has 98 valence electrons. The van der Waals surface area contributed by atoms with Gasteiger partial charge in [-0.15, -0.1) is 11.8 Å². The van der Waals surface area contributed by atoms with E-state index < -0.39 is 26.4 Å². The highest BCUT2D eigenvalue weighted by Crippen LogP contribution is 2.29. The zero-order valence-electron chi connectivity index (χ0n) is 9.57. The van der Waals surface area contributed by atoms with Crippen LogP contribution in [0.1, 0.15) is 0 Å². The summed E-state index contributed by atoms with van der Waals surface area (Å²) in [6.07, 6.45) is 0. The van der Waals surface area contributed by atoms with Crippen molar-refractivity contribution in [1.29, 1.82) is 0 Å². The molecule has 1 aliphatic rings. The number of thioether (sulfide) groups is 1. The molecule has 7 heteroatoms. The number of rotatable bonds is 3. The van der Waals surface area contributed by atoms with Crippen LogP contribution >= 0.6 is 11.8 Å². The highest BCUT2D eigenvalue weighted by Gasteiger charge is 2.40. The summed E-state index contributed by atoms with van der Waals surface area (Å²) in [6, 6.07) is 7.29. The molecule has 0 aromatic heterocycles. The molecule has 1 aromatic rings. The molecular weight excluding hydrogens is 272 g/mol. The molecule has 3 N–H and O–H groups in total. The summed E-state index contributed by atoms with van der Waals surface area (Å²) >= 11 is 1.25. The first kappa shape index (κ1) is 13.4. The monoisotopic (exact) mass is 286 g/mol. The summed E-state index contributed by atoms with van der Waals surface area (Å²) in [4.78, 5) is 11.5. The Morgan fingerprint density at radius 2 is 2.00 bits per heavy atom. The van der Waals surface area contributed by atoms with Crippen LogP contribution in [0.2, 0.25) is 0 Å². The molecule has 1 amide bonds. The number of hydrogen-bond donors (Lipinski definition) is 2. The van der Waals surface area contributed by atoms with Crippen LogP contribution in [-0.4, -0.2) is 37.2 Å². The Kier molecular flexibility index (Phi) is 3.94.